The third-order valence-corrected chi connectivity index (χ3v) is 3.21. The Morgan fingerprint density at radius 1 is 1.35 bits per heavy atom. The summed E-state index contributed by atoms with van der Waals surface area (Å²) in [4.78, 5) is 10.8. The second-order valence-corrected chi connectivity index (χ2v) is 4.62. The van der Waals surface area contributed by atoms with E-state index in [1.165, 1.54) is 0 Å². The quantitative estimate of drug-likeness (QED) is 0.508. The molecule has 0 aromatic carbocycles. The summed E-state index contributed by atoms with van der Waals surface area (Å²) >= 11 is 0. The first-order valence-electron chi connectivity index (χ1n) is 6.06. The number of rotatable bonds is 5. The fraction of sp³-hybridized carbons (Fsp3) is 0.615. The second kappa shape index (κ2) is 7.12. The van der Waals surface area contributed by atoms with Crippen LogP contribution >= 0.6 is 0 Å². The summed E-state index contributed by atoms with van der Waals surface area (Å²) in [6.07, 6.45) is 7.87. The number of aliphatic hydroxyl groups is 1. The molecule has 1 fully saturated rings. The number of hydrogen-bond acceptors (Lipinski definition) is 3. The SMILES string of the molecule is C/C(=C\C=C/O)CNC1CCC(C(=O)O)CC1. The average Bonchev–Trinajstić information content (AvgIpc) is 2.34. The smallest absolute Gasteiger partial charge is 0.306 e. The molecule has 0 aromatic heterocycles. The molecule has 17 heavy (non-hydrogen) atoms. The van der Waals surface area contributed by atoms with Crippen molar-refractivity contribution < 1.29 is 15.0 Å². The molecule has 1 saturated carbocycles. The van der Waals surface area contributed by atoms with E-state index in [9.17, 15) is 4.79 Å². The van der Waals surface area contributed by atoms with E-state index in [4.69, 9.17) is 10.2 Å². The largest absolute Gasteiger partial charge is 0.516 e. The van der Waals surface area contributed by atoms with Gasteiger partial charge in [-0.05, 0) is 38.7 Å². The lowest BCUT2D eigenvalue weighted by molar-refractivity contribution is -0.142. The van der Waals surface area contributed by atoms with Gasteiger partial charge in [-0.25, -0.2) is 0 Å². The first-order chi connectivity index (χ1) is 8.13. The summed E-state index contributed by atoms with van der Waals surface area (Å²) < 4.78 is 0. The van der Waals surface area contributed by atoms with Crippen LogP contribution in [0.2, 0.25) is 0 Å². The van der Waals surface area contributed by atoms with E-state index >= 15 is 0 Å². The Morgan fingerprint density at radius 2 is 2.00 bits per heavy atom. The molecule has 3 N–H and O–H groups in total. The number of hydrogen-bond donors (Lipinski definition) is 3. The molecular formula is C13H21NO3. The van der Waals surface area contributed by atoms with E-state index < -0.39 is 5.97 Å². The third kappa shape index (κ3) is 5.04. The number of carboxylic acids is 1. The number of aliphatic hydroxyl groups excluding tert-OH is 1. The van der Waals surface area contributed by atoms with Gasteiger partial charge >= 0.3 is 5.97 Å². The van der Waals surface area contributed by atoms with Crippen molar-refractivity contribution in [3.63, 3.8) is 0 Å². The van der Waals surface area contributed by atoms with E-state index in [0.29, 0.717) is 6.04 Å². The highest BCUT2D eigenvalue weighted by Crippen LogP contribution is 2.24. The van der Waals surface area contributed by atoms with E-state index in [1.54, 1.807) is 6.08 Å². The molecule has 96 valence electrons. The lowest BCUT2D eigenvalue weighted by atomic mass is 9.86. The molecule has 0 heterocycles. The van der Waals surface area contributed by atoms with Crippen LogP contribution in [0, 0.1) is 5.92 Å². The van der Waals surface area contributed by atoms with Gasteiger partial charge in [0, 0.05) is 12.6 Å². The van der Waals surface area contributed by atoms with Crippen LogP contribution in [-0.2, 0) is 4.79 Å². The molecule has 0 atom stereocenters. The molecule has 0 amide bonds. The van der Waals surface area contributed by atoms with Gasteiger partial charge in [0.25, 0.3) is 0 Å². The van der Waals surface area contributed by atoms with Crippen molar-refractivity contribution >= 4 is 5.97 Å². The Hall–Kier alpha value is -1.29. The van der Waals surface area contributed by atoms with E-state index in [0.717, 1.165) is 44.1 Å². The van der Waals surface area contributed by atoms with Gasteiger partial charge in [0.1, 0.15) is 0 Å². The molecule has 0 spiro atoms. The zero-order valence-corrected chi connectivity index (χ0v) is 10.2. The molecular weight excluding hydrogens is 218 g/mol. The summed E-state index contributed by atoms with van der Waals surface area (Å²) in [5.74, 6) is -0.811. The summed E-state index contributed by atoms with van der Waals surface area (Å²) in [6.45, 7) is 2.78. The zero-order chi connectivity index (χ0) is 12.7. The topological polar surface area (TPSA) is 69.6 Å². The van der Waals surface area contributed by atoms with Gasteiger partial charge in [0.05, 0.1) is 12.2 Å². The molecule has 0 radical (unpaired) electrons. The van der Waals surface area contributed by atoms with Crippen molar-refractivity contribution in [2.24, 2.45) is 5.92 Å². The highest BCUT2D eigenvalue weighted by Gasteiger charge is 2.25. The minimum Gasteiger partial charge on any atom is -0.516 e. The maximum atomic E-state index is 10.8. The van der Waals surface area contributed by atoms with Crippen LogP contribution < -0.4 is 5.32 Å². The number of carboxylic acid groups (broad SMARTS) is 1. The van der Waals surface area contributed by atoms with Crippen LogP contribution in [0.5, 0.6) is 0 Å². The maximum absolute atomic E-state index is 10.8. The van der Waals surface area contributed by atoms with Gasteiger partial charge in [-0.1, -0.05) is 11.6 Å². The summed E-state index contributed by atoms with van der Waals surface area (Å²) in [7, 11) is 0. The van der Waals surface area contributed by atoms with Crippen LogP contribution in [0.1, 0.15) is 32.6 Å². The van der Waals surface area contributed by atoms with Crippen LogP contribution in [0.25, 0.3) is 0 Å². The Labute approximate surface area is 102 Å². The van der Waals surface area contributed by atoms with Crippen molar-refractivity contribution in [1.29, 1.82) is 0 Å². The first kappa shape index (κ1) is 13.8. The van der Waals surface area contributed by atoms with Crippen LogP contribution in [0.15, 0.2) is 24.0 Å². The monoisotopic (exact) mass is 239 g/mol. The molecule has 1 aliphatic rings. The average molecular weight is 239 g/mol. The molecule has 4 heteroatoms. The van der Waals surface area contributed by atoms with Crippen molar-refractivity contribution in [2.45, 2.75) is 38.6 Å². The second-order valence-electron chi connectivity index (χ2n) is 4.62. The number of allylic oxidation sites excluding steroid dienone is 2. The molecule has 0 bridgehead atoms. The van der Waals surface area contributed by atoms with Gasteiger partial charge in [0.15, 0.2) is 0 Å². The zero-order valence-electron chi connectivity index (χ0n) is 10.2. The van der Waals surface area contributed by atoms with E-state index in [1.807, 2.05) is 13.0 Å². The minimum atomic E-state index is -0.660. The highest BCUT2D eigenvalue weighted by atomic mass is 16.4. The van der Waals surface area contributed by atoms with Gasteiger partial charge in [0.2, 0.25) is 0 Å². The molecule has 4 nitrogen and oxygen atoms in total. The number of nitrogens with one attached hydrogen (secondary N) is 1. The fourth-order valence-electron chi connectivity index (χ4n) is 2.12. The van der Waals surface area contributed by atoms with E-state index in [-0.39, 0.29) is 5.92 Å². The fourth-order valence-corrected chi connectivity index (χ4v) is 2.12. The normalized spacial score (nSPS) is 26.3. The van der Waals surface area contributed by atoms with Crippen molar-refractivity contribution in [1.82, 2.24) is 5.32 Å². The van der Waals surface area contributed by atoms with Crippen LogP contribution in [0.4, 0.5) is 0 Å². The maximum Gasteiger partial charge on any atom is 0.306 e. The molecule has 0 aromatic rings. The Morgan fingerprint density at radius 3 is 2.53 bits per heavy atom. The lowest BCUT2D eigenvalue weighted by Gasteiger charge is -2.27. The molecule has 1 aliphatic carbocycles. The Balaban J connectivity index is 2.24. The molecule has 0 saturated heterocycles. The van der Waals surface area contributed by atoms with Gasteiger partial charge in [-0.3, -0.25) is 4.79 Å². The first-order valence-corrected chi connectivity index (χ1v) is 6.06. The van der Waals surface area contributed by atoms with Crippen LogP contribution in [-0.4, -0.2) is 28.8 Å². The van der Waals surface area contributed by atoms with Crippen molar-refractivity contribution in [3.8, 4) is 0 Å². The predicted octanol–water partition coefficient (Wildman–Crippen LogP) is 2.24. The molecule has 0 unspecified atom stereocenters. The van der Waals surface area contributed by atoms with Gasteiger partial charge < -0.3 is 15.5 Å². The Kier molecular flexibility index (Phi) is 5.77. The number of carbonyl (C=O) groups is 1. The summed E-state index contributed by atoms with van der Waals surface area (Å²) in [6, 6.07) is 0.423. The highest BCUT2D eigenvalue weighted by molar-refractivity contribution is 5.70. The molecule has 1 rings (SSSR count). The van der Waals surface area contributed by atoms with Gasteiger partial charge in [-0.2, -0.15) is 0 Å². The standard InChI is InChI=1S/C13H21NO3/c1-10(3-2-8-15)9-14-12-6-4-11(5-7-12)13(16)17/h2-3,8,11-12,14-15H,4-7,9H2,1H3,(H,16,17)/b8-2-,10-3+. The Bertz CT molecular complexity index is 302. The van der Waals surface area contributed by atoms with Crippen molar-refractivity contribution in [2.75, 3.05) is 6.54 Å². The predicted molar refractivity (Wildman–Crippen MR) is 66.9 cm³/mol. The lowest BCUT2D eigenvalue weighted by Crippen LogP contribution is -2.35. The minimum absolute atomic E-state index is 0.151. The van der Waals surface area contributed by atoms with Gasteiger partial charge in [-0.15, -0.1) is 0 Å². The van der Waals surface area contributed by atoms with E-state index in [2.05, 4.69) is 5.32 Å². The van der Waals surface area contributed by atoms with Crippen LogP contribution in [0.3, 0.4) is 0 Å². The molecule has 0 aliphatic heterocycles. The van der Waals surface area contributed by atoms with Crippen molar-refractivity contribution in [3.05, 3.63) is 24.0 Å². The third-order valence-electron chi connectivity index (χ3n) is 3.21. The summed E-state index contributed by atoms with van der Waals surface area (Å²) in [5.41, 5.74) is 1.15. The number of aliphatic carboxylic acids is 1. The summed E-state index contributed by atoms with van der Waals surface area (Å²) in [5, 5.41) is 20.8.